The molecule has 3 rings (SSSR count). The van der Waals surface area contributed by atoms with Crippen LogP contribution < -0.4 is 5.32 Å². The minimum Gasteiger partial charge on any atom is -0.450 e. The van der Waals surface area contributed by atoms with Crippen molar-refractivity contribution < 1.29 is 23.6 Å². The van der Waals surface area contributed by atoms with Gasteiger partial charge in [-0.3, -0.25) is 14.6 Å². The number of aromatic nitrogens is 2. The van der Waals surface area contributed by atoms with Crippen molar-refractivity contribution in [2.45, 2.75) is 13.8 Å². The molecule has 0 unspecified atom stereocenters. The Balaban J connectivity index is 1.62. The number of hydrogen-bond donors (Lipinski definition) is 1. The molecule has 0 aromatic carbocycles. The second-order valence-electron chi connectivity index (χ2n) is 6.22. The normalized spacial score (nSPS) is 13.9. The van der Waals surface area contributed by atoms with Crippen LogP contribution in [-0.4, -0.2) is 70.6 Å². The summed E-state index contributed by atoms with van der Waals surface area (Å²) < 4.78 is 9.88. The van der Waals surface area contributed by atoms with Gasteiger partial charge in [-0.15, -0.1) is 0 Å². The van der Waals surface area contributed by atoms with Crippen molar-refractivity contribution >= 4 is 23.7 Å². The summed E-state index contributed by atoms with van der Waals surface area (Å²) >= 11 is 0. The molecule has 2 aromatic rings. The van der Waals surface area contributed by atoms with E-state index in [9.17, 15) is 14.4 Å². The molecule has 10 heteroatoms. The molecule has 28 heavy (non-hydrogen) atoms. The van der Waals surface area contributed by atoms with Crippen LogP contribution in [0.15, 0.2) is 29.0 Å². The van der Waals surface area contributed by atoms with Crippen LogP contribution in [0, 0.1) is 6.92 Å². The molecule has 0 atom stereocenters. The number of piperazine rings is 1. The fraction of sp³-hybridized carbons (Fsp3) is 0.389. The first-order valence-electron chi connectivity index (χ1n) is 8.88. The molecule has 0 bridgehead atoms. The molecule has 0 aliphatic carbocycles. The lowest BCUT2D eigenvalue weighted by molar-refractivity contribution is 0.0570. The van der Waals surface area contributed by atoms with Crippen LogP contribution in [0.2, 0.25) is 0 Å². The molecule has 1 fully saturated rings. The Morgan fingerprint density at radius 3 is 2.43 bits per heavy atom. The van der Waals surface area contributed by atoms with E-state index in [1.54, 1.807) is 29.7 Å². The van der Waals surface area contributed by atoms with Gasteiger partial charge in [-0.2, -0.15) is 0 Å². The highest BCUT2D eigenvalue weighted by atomic mass is 16.6. The standard InChI is InChI=1S/C18H21N5O5/c1-3-27-18(26)23-6-4-22(5-7-23)17(25)14-9-13(10-19-11-14)16(24)20-15-8-12(2)28-21-15/h8-11H,3-7H2,1-2H3,(H,20,21,24). The minimum absolute atomic E-state index is 0.233. The molecule has 148 valence electrons. The summed E-state index contributed by atoms with van der Waals surface area (Å²) in [4.78, 5) is 44.0. The summed E-state index contributed by atoms with van der Waals surface area (Å²) in [6.07, 6.45) is 2.41. The van der Waals surface area contributed by atoms with Crippen LogP contribution >= 0.6 is 0 Å². The molecule has 0 spiro atoms. The Morgan fingerprint density at radius 1 is 1.11 bits per heavy atom. The van der Waals surface area contributed by atoms with Crippen LogP contribution in [0.25, 0.3) is 0 Å². The highest BCUT2D eigenvalue weighted by molar-refractivity contribution is 6.05. The third kappa shape index (κ3) is 4.45. The first kappa shape index (κ1) is 19.3. The number of anilines is 1. The van der Waals surface area contributed by atoms with E-state index in [4.69, 9.17) is 9.26 Å². The predicted octanol–water partition coefficient (Wildman–Crippen LogP) is 1.54. The topological polar surface area (TPSA) is 118 Å². The summed E-state index contributed by atoms with van der Waals surface area (Å²) in [5.74, 6) is 0.166. The third-order valence-electron chi connectivity index (χ3n) is 4.21. The number of pyridine rings is 1. The van der Waals surface area contributed by atoms with E-state index < -0.39 is 5.91 Å². The van der Waals surface area contributed by atoms with Crippen LogP contribution in [0.3, 0.4) is 0 Å². The maximum absolute atomic E-state index is 12.7. The first-order valence-corrected chi connectivity index (χ1v) is 8.88. The van der Waals surface area contributed by atoms with Gasteiger partial charge in [0.05, 0.1) is 17.7 Å². The van der Waals surface area contributed by atoms with Crippen molar-refractivity contribution in [3.8, 4) is 0 Å². The van der Waals surface area contributed by atoms with Gasteiger partial charge in [-0.25, -0.2) is 4.79 Å². The summed E-state index contributed by atoms with van der Waals surface area (Å²) in [6, 6.07) is 3.07. The van der Waals surface area contributed by atoms with E-state index in [1.165, 1.54) is 18.5 Å². The Bertz CT molecular complexity index is 873. The monoisotopic (exact) mass is 387 g/mol. The maximum atomic E-state index is 12.7. The van der Waals surface area contributed by atoms with Gasteiger partial charge in [0, 0.05) is 44.6 Å². The van der Waals surface area contributed by atoms with Crippen molar-refractivity contribution in [3.63, 3.8) is 0 Å². The molecule has 1 saturated heterocycles. The van der Waals surface area contributed by atoms with Crippen molar-refractivity contribution in [2.75, 3.05) is 38.1 Å². The van der Waals surface area contributed by atoms with Gasteiger partial charge in [0.15, 0.2) is 5.82 Å². The van der Waals surface area contributed by atoms with Crippen LogP contribution in [0.1, 0.15) is 33.4 Å². The number of nitrogens with zero attached hydrogens (tertiary/aromatic N) is 4. The number of hydrogen-bond acceptors (Lipinski definition) is 7. The van der Waals surface area contributed by atoms with Crippen LogP contribution in [-0.2, 0) is 4.74 Å². The SMILES string of the molecule is CCOC(=O)N1CCN(C(=O)c2cncc(C(=O)Nc3cc(C)on3)c2)CC1. The third-order valence-corrected chi connectivity index (χ3v) is 4.21. The fourth-order valence-electron chi connectivity index (χ4n) is 2.78. The van der Waals surface area contributed by atoms with Crippen LogP contribution in [0.5, 0.6) is 0 Å². The first-order chi connectivity index (χ1) is 13.5. The van der Waals surface area contributed by atoms with Gasteiger partial charge in [-0.1, -0.05) is 5.16 Å². The lowest BCUT2D eigenvalue weighted by atomic mass is 10.1. The number of amides is 3. The molecule has 3 heterocycles. The predicted molar refractivity (Wildman–Crippen MR) is 97.9 cm³/mol. The summed E-state index contributed by atoms with van der Waals surface area (Å²) in [5, 5.41) is 6.29. The second kappa shape index (κ2) is 8.51. The molecule has 1 aliphatic heterocycles. The van der Waals surface area contributed by atoms with Gasteiger partial charge >= 0.3 is 6.09 Å². The van der Waals surface area contributed by atoms with Gasteiger partial charge in [0.2, 0.25) is 0 Å². The van der Waals surface area contributed by atoms with E-state index in [1.807, 2.05) is 0 Å². The molecular weight excluding hydrogens is 366 g/mol. The van der Waals surface area contributed by atoms with E-state index >= 15 is 0 Å². The zero-order valence-electron chi connectivity index (χ0n) is 15.7. The van der Waals surface area contributed by atoms with E-state index in [-0.39, 0.29) is 23.4 Å². The fourth-order valence-corrected chi connectivity index (χ4v) is 2.78. The minimum atomic E-state index is -0.442. The van der Waals surface area contributed by atoms with E-state index in [0.29, 0.717) is 44.1 Å². The number of aryl methyl sites for hydroxylation is 1. The van der Waals surface area contributed by atoms with Crippen molar-refractivity contribution in [2.24, 2.45) is 0 Å². The molecule has 10 nitrogen and oxygen atoms in total. The highest BCUT2D eigenvalue weighted by Gasteiger charge is 2.26. The number of carbonyl (C=O) groups is 3. The lowest BCUT2D eigenvalue weighted by Crippen LogP contribution is -2.50. The molecule has 2 aromatic heterocycles. The van der Waals surface area contributed by atoms with Crippen molar-refractivity contribution in [3.05, 3.63) is 41.4 Å². The number of rotatable bonds is 4. The smallest absolute Gasteiger partial charge is 0.409 e. The number of ether oxygens (including phenoxy) is 1. The van der Waals surface area contributed by atoms with E-state index in [0.717, 1.165) is 0 Å². The Labute approximate surface area is 161 Å². The molecule has 0 saturated carbocycles. The summed E-state index contributed by atoms with van der Waals surface area (Å²) in [6.45, 7) is 5.32. The summed E-state index contributed by atoms with van der Waals surface area (Å²) in [7, 11) is 0. The summed E-state index contributed by atoms with van der Waals surface area (Å²) in [5.41, 5.74) is 0.533. The second-order valence-corrected chi connectivity index (χ2v) is 6.22. The Kier molecular flexibility index (Phi) is 5.87. The molecule has 3 amide bonds. The largest absolute Gasteiger partial charge is 0.450 e. The average molecular weight is 387 g/mol. The van der Waals surface area contributed by atoms with Gasteiger partial charge in [-0.05, 0) is 19.9 Å². The van der Waals surface area contributed by atoms with Crippen molar-refractivity contribution in [1.29, 1.82) is 0 Å². The number of nitrogens with one attached hydrogen (secondary N) is 1. The van der Waals surface area contributed by atoms with E-state index in [2.05, 4.69) is 15.5 Å². The zero-order chi connectivity index (χ0) is 20.1. The van der Waals surface area contributed by atoms with Crippen LogP contribution in [0.4, 0.5) is 10.6 Å². The Morgan fingerprint density at radius 2 is 1.79 bits per heavy atom. The molecular formula is C18H21N5O5. The van der Waals surface area contributed by atoms with Gasteiger partial charge < -0.3 is 24.4 Å². The zero-order valence-corrected chi connectivity index (χ0v) is 15.7. The lowest BCUT2D eigenvalue weighted by Gasteiger charge is -2.34. The molecule has 1 N–H and O–H groups in total. The number of carbonyl (C=O) groups excluding carboxylic acids is 3. The molecule has 0 radical (unpaired) electrons. The highest BCUT2D eigenvalue weighted by Crippen LogP contribution is 2.13. The maximum Gasteiger partial charge on any atom is 0.409 e. The van der Waals surface area contributed by atoms with Crippen molar-refractivity contribution in [1.82, 2.24) is 19.9 Å². The van der Waals surface area contributed by atoms with Gasteiger partial charge in [0.25, 0.3) is 11.8 Å². The van der Waals surface area contributed by atoms with Gasteiger partial charge in [0.1, 0.15) is 5.76 Å². The average Bonchev–Trinajstić information content (AvgIpc) is 3.12. The Hall–Kier alpha value is -3.43. The molecule has 1 aliphatic rings. The quantitative estimate of drug-likeness (QED) is 0.845.